The van der Waals surface area contributed by atoms with Crippen LogP contribution in [0.15, 0.2) is 91.0 Å². The van der Waals surface area contributed by atoms with Crippen LogP contribution in [0.5, 0.6) is 0 Å². The highest BCUT2D eigenvalue weighted by atomic mass is 35.5. The minimum Gasteiger partial charge on any atom is -0.461 e. The van der Waals surface area contributed by atoms with Crippen molar-refractivity contribution in [2.45, 2.75) is 189 Å². The largest absolute Gasteiger partial charge is 0.461 e. The van der Waals surface area contributed by atoms with E-state index in [4.69, 9.17) is 60.3 Å². The molecule has 7 nitrogen and oxygen atoms in total. The first-order valence-electron chi connectivity index (χ1n) is 26.2. The number of hydrogen-bond donors (Lipinski definition) is 1. The lowest BCUT2D eigenvalue weighted by Crippen LogP contribution is -2.60. The fraction of sp³-hybridized carbons (Fsp3) is 0.625. The second kappa shape index (κ2) is 35.9. The van der Waals surface area contributed by atoms with E-state index in [1.54, 1.807) is 0 Å². The zero-order chi connectivity index (χ0) is 50.1. The van der Waals surface area contributed by atoms with Crippen LogP contribution < -0.4 is 15.9 Å². The van der Waals surface area contributed by atoms with Crippen LogP contribution in [-0.2, 0) is 34.7 Å². The molecule has 0 bridgehead atoms. The number of esters is 2. The molecule has 13 heteroatoms. The summed E-state index contributed by atoms with van der Waals surface area (Å²) in [6, 6.07) is 33.6. The maximum Gasteiger partial charge on any atom is 0.339 e. The van der Waals surface area contributed by atoms with E-state index in [1.165, 1.54) is 106 Å². The molecule has 0 heterocycles. The maximum absolute atomic E-state index is 13.9. The molecule has 0 fully saturated rings. The number of unbranched alkanes of at least 4 members (excludes halogenated alkanes) is 18. The third-order valence-corrected chi connectivity index (χ3v) is 21.1. The van der Waals surface area contributed by atoms with Gasteiger partial charge in [0.05, 0.1) is 36.8 Å². The van der Waals surface area contributed by atoms with Crippen LogP contribution >= 0.6 is 53.7 Å². The van der Waals surface area contributed by atoms with Crippen LogP contribution in [0.4, 0.5) is 0 Å². The molecule has 3 rings (SSSR count). The van der Waals surface area contributed by atoms with Gasteiger partial charge < -0.3 is 19.2 Å². The summed E-state index contributed by atoms with van der Waals surface area (Å²) in [6.07, 6.45) is 29.0. The summed E-state index contributed by atoms with van der Waals surface area (Å²) >= 11 is 23.5. The van der Waals surface area contributed by atoms with Crippen molar-refractivity contribution in [2.24, 2.45) is 0 Å². The summed E-state index contributed by atoms with van der Waals surface area (Å²) in [7, 11) is -4.08. The zero-order valence-corrected chi connectivity index (χ0v) is 47.1. The smallest absolute Gasteiger partial charge is 0.339 e. The van der Waals surface area contributed by atoms with Crippen molar-refractivity contribution in [3.05, 3.63) is 96.6 Å². The Morgan fingerprint density at radius 3 is 1.39 bits per heavy atom. The number of halogens is 4. The summed E-state index contributed by atoms with van der Waals surface area (Å²) in [5.41, 5.74) is -0.0692. The van der Waals surface area contributed by atoms with Crippen LogP contribution in [0.25, 0.3) is 0 Å². The van der Waals surface area contributed by atoms with Crippen molar-refractivity contribution in [3.63, 3.8) is 0 Å². The molecule has 0 aliphatic carbocycles. The van der Waals surface area contributed by atoms with Gasteiger partial charge in [0.15, 0.2) is 8.32 Å². The molecular formula is C56H85Cl4NO6PSi+. The number of amides is 1. The number of hydrogen-bond acceptors (Lipinski definition) is 6. The Bertz CT molecular complexity index is 1750. The Balaban J connectivity index is 1.59. The number of alkyl halides is 4. The summed E-state index contributed by atoms with van der Waals surface area (Å²) < 4.78 is 17.7. The van der Waals surface area contributed by atoms with Gasteiger partial charge in [0.1, 0.15) is 18.8 Å². The van der Waals surface area contributed by atoms with Gasteiger partial charge in [-0.2, -0.15) is 0 Å². The SMILES string of the molecule is CCCCCCCCCCCCCCCCCC[Si](C)(C)OCC(COC(=O)C(Cl)Cl)(COC(=O)C(Cl)Cl)NC(=O)CCCCC[P+](CCCCc1ccccc1)(c1ccccc1)c1ccccc1. The van der Waals surface area contributed by atoms with E-state index in [1.807, 2.05) is 0 Å². The highest BCUT2D eigenvalue weighted by molar-refractivity contribution is 7.89. The lowest BCUT2D eigenvalue weighted by atomic mass is 10.0. The van der Waals surface area contributed by atoms with Crippen molar-refractivity contribution in [1.29, 1.82) is 0 Å². The number of benzene rings is 3. The predicted octanol–water partition coefficient (Wildman–Crippen LogP) is 15.3. The van der Waals surface area contributed by atoms with E-state index in [9.17, 15) is 14.4 Å². The quantitative estimate of drug-likeness (QED) is 0.0201. The Morgan fingerprint density at radius 2 is 0.942 bits per heavy atom. The molecule has 0 aliphatic heterocycles. The van der Waals surface area contributed by atoms with Crippen LogP contribution in [0.3, 0.4) is 0 Å². The van der Waals surface area contributed by atoms with Gasteiger partial charge >= 0.3 is 11.9 Å². The Kier molecular flexibility index (Phi) is 31.8. The first-order valence-corrected chi connectivity index (χ1v) is 33.2. The lowest BCUT2D eigenvalue weighted by Gasteiger charge is -2.36. The molecule has 0 unspecified atom stereocenters. The second-order valence-corrected chi connectivity index (χ2v) is 30.0. The van der Waals surface area contributed by atoms with E-state index < -0.39 is 42.7 Å². The minimum atomic E-state index is -2.30. The molecule has 3 aromatic rings. The Hall–Kier alpha value is -2.16. The number of carbonyl (C=O) groups excluding carboxylic acids is 3. The van der Waals surface area contributed by atoms with Gasteiger partial charge in [0.25, 0.3) is 0 Å². The average molecular weight is 1070 g/mol. The second-order valence-electron chi connectivity index (χ2n) is 19.6. The molecule has 0 aliphatic rings. The van der Waals surface area contributed by atoms with E-state index in [0.717, 1.165) is 63.3 Å². The van der Waals surface area contributed by atoms with Gasteiger partial charge in [0, 0.05) is 6.42 Å². The summed E-state index contributed by atoms with van der Waals surface area (Å²) in [4.78, 5) is 36.3. The minimum absolute atomic E-state index is 0.0622. The van der Waals surface area contributed by atoms with E-state index in [0.29, 0.717) is 6.42 Å². The summed E-state index contributed by atoms with van der Waals surface area (Å²) in [5, 5.41) is 5.89. The van der Waals surface area contributed by atoms with Gasteiger partial charge in [0.2, 0.25) is 15.6 Å². The van der Waals surface area contributed by atoms with E-state index in [2.05, 4.69) is 116 Å². The van der Waals surface area contributed by atoms with Crippen molar-refractivity contribution < 1.29 is 28.3 Å². The average Bonchev–Trinajstić information content (AvgIpc) is 3.35. The molecule has 0 aromatic heterocycles. The molecule has 386 valence electrons. The molecular weight excluding hydrogens is 983 g/mol. The molecule has 0 saturated heterocycles. The predicted molar refractivity (Wildman–Crippen MR) is 298 cm³/mol. The lowest BCUT2D eigenvalue weighted by molar-refractivity contribution is -0.152. The number of carbonyl (C=O) groups is 3. The molecule has 1 N–H and O–H groups in total. The highest BCUT2D eigenvalue weighted by Gasteiger charge is 2.42. The van der Waals surface area contributed by atoms with Crippen molar-refractivity contribution in [3.8, 4) is 0 Å². The van der Waals surface area contributed by atoms with Crippen LogP contribution in [0, 0.1) is 0 Å². The molecule has 0 saturated carbocycles. The molecule has 1 amide bonds. The topological polar surface area (TPSA) is 90.9 Å². The standard InChI is InChI=1S/C56H84Cl4NO6PSi/c1-4-5-6-7-8-9-10-11-12-13-14-15-16-17-18-33-44-69(2,3)67-47-56(45-65-54(63)52(57)58,46-66-55(64)53(59)60)61-51(62)41-29-22-31-42-68(49-37-25-20-26-38-49,50-39-27-21-28-40-50)43-32-30-36-48-34-23-19-24-35-48/h19-21,23-28,34-35,37-40,52-53H,4-18,22,29-33,36,41-47H2,1-3H3/p+1. The van der Waals surface area contributed by atoms with Gasteiger partial charge in [-0.15, -0.1) is 0 Å². The van der Waals surface area contributed by atoms with Gasteiger partial charge in [-0.05, 0) is 87.5 Å². The maximum atomic E-state index is 13.9. The van der Waals surface area contributed by atoms with Crippen LogP contribution in [0.1, 0.15) is 154 Å². The third kappa shape index (κ3) is 25.9. The zero-order valence-electron chi connectivity index (χ0n) is 42.2. The fourth-order valence-electron chi connectivity index (χ4n) is 9.04. The van der Waals surface area contributed by atoms with Crippen molar-refractivity contribution in [1.82, 2.24) is 5.32 Å². The summed E-state index contributed by atoms with van der Waals surface area (Å²) in [5.74, 6) is -2.05. The Morgan fingerprint density at radius 1 is 0.536 bits per heavy atom. The fourth-order valence-corrected chi connectivity index (χ4v) is 15.8. The molecule has 0 atom stereocenters. The number of aryl methyl sites for hydroxylation is 1. The molecule has 3 aromatic carbocycles. The normalized spacial score (nSPS) is 12.1. The van der Waals surface area contributed by atoms with E-state index in [-0.39, 0.29) is 32.1 Å². The van der Waals surface area contributed by atoms with Gasteiger partial charge in [-0.3, -0.25) is 4.79 Å². The van der Waals surface area contributed by atoms with Crippen molar-refractivity contribution in [2.75, 3.05) is 32.1 Å². The van der Waals surface area contributed by atoms with Gasteiger partial charge in [-0.1, -0.05) is 223 Å². The molecule has 0 spiro atoms. The van der Waals surface area contributed by atoms with E-state index >= 15 is 0 Å². The first kappa shape index (κ1) is 61.1. The number of ether oxygens (including phenoxy) is 2. The first-order chi connectivity index (χ1) is 33.3. The Labute approximate surface area is 439 Å². The molecule has 0 radical (unpaired) electrons. The monoisotopic (exact) mass is 1070 g/mol. The highest BCUT2D eigenvalue weighted by Crippen LogP contribution is 2.58. The van der Waals surface area contributed by atoms with Crippen LogP contribution in [0.2, 0.25) is 19.1 Å². The molecule has 69 heavy (non-hydrogen) atoms. The van der Waals surface area contributed by atoms with Crippen molar-refractivity contribution >= 4 is 90.4 Å². The van der Waals surface area contributed by atoms with Gasteiger partial charge in [-0.25, -0.2) is 9.59 Å². The third-order valence-electron chi connectivity index (χ3n) is 13.2. The number of nitrogens with one attached hydrogen (secondary N) is 1. The number of rotatable bonds is 40. The van der Waals surface area contributed by atoms with Crippen LogP contribution in [-0.4, -0.2) is 73.5 Å². The summed E-state index contributed by atoms with van der Waals surface area (Å²) in [6.45, 7) is 5.72.